The number of carbonyl (C=O) groups is 1. The summed E-state index contributed by atoms with van der Waals surface area (Å²) in [6, 6.07) is 4.76. The molecule has 102 valence electrons. The van der Waals surface area contributed by atoms with Crippen molar-refractivity contribution in [2.24, 2.45) is 5.73 Å². The van der Waals surface area contributed by atoms with Crippen LogP contribution in [0.1, 0.15) is 5.56 Å². The lowest BCUT2D eigenvalue weighted by Crippen LogP contribution is -2.45. The molecule has 0 aromatic heterocycles. The fraction of sp³-hybridized carbons (Fsp3) is 0.300. The largest absolute Gasteiger partial charge is 0.480 e. The Kier molecular flexibility index (Phi) is 6.27. The van der Waals surface area contributed by atoms with Crippen molar-refractivity contribution in [2.45, 2.75) is 17.9 Å². The van der Waals surface area contributed by atoms with Crippen molar-refractivity contribution in [3.8, 4) is 0 Å². The van der Waals surface area contributed by atoms with E-state index in [2.05, 4.69) is 0 Å². The van der Waals surface area contributed by atoms with E-state index in [-0.39, 0.29) is 23.8 Å². The Morgan fingerprint density at radius 2 is 1.89 bits per heavy atom. The molecule has 0 heterocycles. The maximum atomic E-state index is 11.8. The fourth-order valence-corrected chi connectivity index (χ4v) is 2.37. The smallest absolute Gasteiger partial charge is 0.323 e. The van der Waals surface area contributed by atoms with Gasteiger partial charge in [-0.2, -0.15) is 4.72 Å². The van der Waals surface area contributed by atoms with E-state index in [1.54, 1.807) is 12.1 Å². The molecule has 0 bridgehead atoms. The van der Waals surface area contributed by atoms with Crippen LogP contribution in [0.15, 0.2) is 29.2 Å². The molecule has 0 fully saturated rings. The van der Waals surface area contributed by atoms with E-state index in [0.717, 1.165) is 5.56 Å². The van der Waals surface area contributed by atoms with E-state index in [0.29, 0.717) is 0 Å². The number of rotatable bonds is 5. The zero-order valence-electron chi connectivity index (χ0n) is 9.66. The number of hydrogen-bond donors (Lipinski definition) is 3. The first-order valence-corrected chi connectivity index (χ1v) is 6.37. The molecule has 0 amide bonds. The van der Waals surface area contributed by atoms with Gasteiger partial charge in [-0.1, -0.05) is 17.7 Å². The highest BCUT2D eigenvalue weighted by Gasteiger charge is 2.23. The van der Waals surface area contributed by atoms with Crippen molar-refractivity contribution in [3.05, 3.63) is 29.8 Å². The molecule has 8 heteroatoms. The number of nitrogens with one attached hydrogen (secondary N) is 1. The number of sulfonamides is 1. The number of benzene rings is 1. The highest BCUT2D eigenvalue weighted by Crippen LogP contribution is 2.10. The summed E-state index contributed by atoms with van der Waals surface area (Å²) in [5, 5.41) is 8.72. The lowest BCUT2D eigenvalue weighted by Gasteiger charge is -2.12. The highest BCUT2D eigenvalue weighted by atomic mass is 35.5. The molecule has 0 aliphatic rings. The molecule has 0 radical (unpaired) electrons. The van der Waals surface area contributed by atoms with Crippen LogP contribution in [0.25, 0.3) is 0 Å². The van der Waals surface area contributed by atoms with Crippen LogP contribution in [0.2, 0.25) is 0 Å². The molecule has 0 unspecified atom stereocenters. The second kappa shape index (κ2) is 6.69. The average molecular weight is 295 g/mol. The maximum absolute atomic E-state index is 11.8. The van der Waals surface area contributed by atoms with Gasteiger partial charge in [0.05, 0.1) is 4.90 Å². The number of aliphatic carboxylic acids is 1. The van der Waals surface area contributed by atoms with E-state index in [4.69, 9.17) is 10.8 Å². The van der Waals surface area contributed by atoms with Crippen LogP contribution in [0.5, 0.6) is 0 Å². The summed E-state index contributed by atoms with van der Waals surface area (Å²) in [6.45, 7) is 1.52. The van der Waals surface area contributed by atoms with Crippen LogP contribution in [-0.4, -0.2) is 32.1 Å². The predicted molar refractivity (Wildman–Crippen MR) is 69.2 cm³/mol. The lowest BCUT2D eigenvalue weighted by atomic mass is 10.2. The van der Waals surface area contributed by atoms with E-state index in [9.17, 15) is 13.2 Å². The van der Waals surface area contributed by atoms with Crippen molar-refractivity contribution < 1.29 is 18.3 Å². The molecule has 1 aromatic rings. The Labute approximate surface area is 112 Å². The van der Waals surface area contributed by atoms with Crippen molar-refractivity contribution in [2.75, 3.05) is 6.54 Å². The highest BCUT2D eigenvalue weighted by molar-refractivity contribution is 7.89. The molecule has 0 spiro atoms. The Hall–Kier alpha value is -1.15. The third-order valence-corrected chi connectivity index (χ3v) is 3.65. The summed E-state index contributed by atoms with van der Waals surface area (Å²) in [5.74, 6) is -1.30. The SMILES string of the molecule is Cc1ccc(S(=O)(=O)N[C@@H](CN)C(=O)O)cc1.Cl. The molecule has 0 aliphatic heterocycles. The first-order chi connectivity index (χ1) is 7.86. The monoisotopic (exact) mass is 294 g/mol. The van der Waals surface area contributed by atoms with E-state index in [1.807, 2.05) is 11.6 Å². The molecular weight excluding hydrogens is 280 g/mol. The third-order valence-electron chi connectivity index (χ3n) is 2.16. The van der Waals surface area contributed by atoms with Crippen LogP contribution < -0.4 is 10.5 Å². The Balaban J connectivity index is 0.00000289. The van der Waals surface area contributed by atoms with Gasteiger partial charge in [-0.25, -0.2) is 8.42 Å². The number of carboxylic acid groups (broad SMARTS) is 1. The topological polar surface area (TPSA) is 109 Å². The number of hydrogen-bond acceptors (Lipinski definition) is 4. The number of nitrogens with two attached hydrogens (primary N) is 1. The first kappa shape index (κ1) is 16.9. The summed E-state index contributed by atoms with van der Waals surface area (Å²) < 4.78 is 25.6. The minimum atomic E-state index is -3.84. The summed E-state index contributed by atoms with van der Waals surface area (Å²) >= 11 is 0. The van der Waals surface area contributed by atoms with Gasteiger partial charge in [0.2, 0.25) is 10.0 Å². The first-order valence-electron chi connectivity index (χ1n) is 4.88. The van der Waals surface area contributed by atoms with E-state index >= 15 is 0 Å². The van der Waals surface area contributed by atoms with Gasteiger partial charge < -0.3 is 10.8 Å². The quantitative estimate of drug-likeness (QED) is 0.714. The third kappa shape index (κ3) is 4.26. The van der Waals surface area contributed by atoms with Crippen molar-refractivity contribution in [1.82, 2.24) is 4.72 Å². The van der Waals surface area contributed by atoms with Gasteiger partial charge in [-0.05, 0) is 19.1 Å². The molecule has 1 aromatic carbocycles. The summed E-state index contributed by atoms with van der Waals surface area (Å²) in [5.41, 5.74) is 6.09. The summed E-state index contributed by atoms with van der Waals surface area (Å²) in [4.78, 5) is 10.7. The van der Waals surface area contributed by atoms with Crippen molar-refractivity contribution >= 4 is 28.4 Å². The van der Waals surface area contributed by atoms with Crippen LogP contribution in [0.3, 0.4) is 0 Å². The van der Waals surface area contributed by atoms with Crippen molar-refractivity contribution in [1.29, 1.82) is 0 Å². The van der Waals surface area contributed by atoms with E-state index < -0.39 is 22.0 Å². The molecule has 1 atom stereocenters. The van der Waals surface area contributed by atoms with Crippen molar-refractivity contribution in [3.63, 3.8) is 0 Å². The minimum absolute atomic E-state index is 0. The Morgan fingerprint density at radius 3 is 2.28 bits per heavy atom. The van der Waals surface area contributed by atoms with E-state index in [1.165, 1.54) is 12.1 Å². The minimum Gasteiger partial charge on any atom is -0.480 e. The van der Waals surface area contributed by atoms with Crippen LogP contribution in [0, 0.1) is 6.92 Å². The molecular formula is C10H15ClN2O4S. The van der Waals surface area contributed by atoms with Gasteiger partial charge in [0.1, 0.15) is 6.04 Å². The second-order valence-corrected chi connectivity index (χ2v) is 5.27. The molecule has 6 nitrogen and oxygen atoms in total. The molecule has 1 rings (SSSR count). The van der Waals surface area contributed by atoms with Crippen LogP contribution in [-0.2, 0) is 14.8 Å². The van der Waals surface area contributed by atoms with Crippen LogP contribution in [0.4, 0.5) is 0 Å². The molecule has 0 saturated heterocycles. The maximum Gasteiger partial charge on any atom is 0.323 e. The zero-order valence-corrected chi connectivity index (χ0v) is 11.3. The standard InChI is InChI=1S/C10H14N2O4S.ClH/c1-7-2-4-8(5-3-7)17(15,16)12-9(6-11)10(13)14;/h2-5,9,12H,6,11H2,1H3,(H,13,14);1H/t9-;/m0./s1. The van der Waals surface area contributed by atoms with Gasteiger partial charge in [-0.15, -0.1) is 12.4 Å². The lowest BCUT2D eigenvalue weighted by molar-refractivity contribution is -0.138. The molecule has 18 heavy (non-hydrogen) atoms. The number of aryl methyl sites for hydroxylation is 1. The fourth-order valence-electron chi connectivity index (χ4n) is 1.17. The number of halogens is 1. The average Bonchev–Trinajstić information content (AvgIpc) is 2.26. The molecule has 0 aliphatic carbocycles. The zero-order chi connectivity index (χ0) is 13.1. The second-order valence-electron chi connectivity index (χ2n) is 3.56. The summed E-state index contributed by atoms with van der Waals surface area (Å²) in [7, 11) is -3.84. The van der Waals surface area contributed by atoms with Gasteiger partial charge in [0.15, 0.2) is 0 Å². The summed E-state index contributed by atoms with van der Waals surface area (Å²) in [6.07, 6.45) is 0. The Morgan fingerprint density at radius 1 is 1.39 bits per heavy atom. The predicted octanol–water partition coefficient (Wildman–Crippen LogP) is 0.107. The molecule has 4 N–H and O–H groups in total. The number of carboxylic acids is 1. The Bertz CT molecular complexity index is 501. The molecule has 0 saturated carbocycles. The van der Waals surface area contributed by atoms with Gasteiger partial charge in [0.25, 0.3) is 0 Å². The van der Waals surface area contributed by atoms with Gasteiger partial charge in [-0.3, -0.25) is 4.79 Å². The van der Waals surface area contributed by atoms with Crippen LogP contribution >= 0.6 is 12.4 Å². The van der Waals surface area contributed by atoms with Gasteiger partial charge >= 0.3 is 5.97 Å². The van der Waals surface area contributed by atoms with Gasteiger partial charge in [0, 0.05) is 6.54 Å². The normalized spacial score (nSPS) is 12.6.